The summed E-state index contributed by atoms with van der Waals surface area (Å²) in [5.74, 6) is -0.0662. The Morgan fingerprint density at radius 2 is 1.81 bits per heavy atom. The Morgan fingerprint density at radius 1 is 1.08 bits per heavy atom. The second-order valence-electron chi connectivity index (χ2n) is 6.80. The van der Waals surface area contributed by atoms with Crippen LogP contribution in [0, 0.1) is 0 Å². The zero-order valence-electron chi connectivity index (χ0n) is 15.0. The van der Waals surface area contributed by atoms with Crippen LogP contribution in [-0.2, 0) is 13.5 Å². The van der Waals surface area contributed by atoms with E-state index in [0.717, 1.165) is 34.9 Å². The Bertz CT molecular complexity index is 1060. The molecule has 1 amide bonds. The molecule has 0 aliphatic heterocycles. The summed E-state index contributed by atoms with van der Waals surface area (Å²) in [5, 5.41) is 4.13. The van der Waals surface area contributed by atoms with Crippen molar-refractivity contribution in [2.24, 2.45) is 7.05 Å². The Balaban J connectivity index is 1.50. The number of carbonyl (C=O) groups excluding carboxylic acids is 1. The normalized spacial score (nSPS) is 12.5. The number of hydrogen-bond acceptors (Lipinski definition) is 2. The number of carbonyl (C=O) groups is 1. The van der Waals surface area contributed by atoms with Gasteiger partial charge in [0.1, 0.15) is 11.3 Å². The van der Waals surface area contributed by atoms with Crippen molar-refractivity contribution in [3.05, 3.63) is 71.9 Å². The van der Waals surface area contributed by atoms with Gasteiger partial charge in [0.15, 0.2) is 5.58 Å². The number of benzene rings is 2. The maximum Gasteiger partial charge on any atom is 0.268 e. The second-order valence-corrected chi connectivity index (χ2v) is 6.80. The fourth-order valence-corrected chi connectivity index (χ4v) is 3.45. The minimum Gasteiger partial charge on any atom is -0.454 e. The third-order valence-electron chi connectivity index (χ3n) is 4.88. The van der Waals surface area contributed by atoms with Crippen molar-refractivity contribution in [3.63, 3.8) is 0 Å². The van der Waals surface area contributed by atoms with Crippen molar-refractivity contribution in [2.45, 2.75) is 25.8 Å². The van der Waals surface area contributed by atoms with Gasteiger partial charge in [0.05, 0.1) is 5.52 Å². The number of amides is 1. The van der Waals surface area contributed by atoms with Gasteiger partial charge in [0, 0.05) is 24.5 Å². The van der Waals surface area contributed by atoms with E-state index >= 15 is 0 Å². The molecule has 0 unspecified atom stereocenters. The van der Waals surface area contributed by atoms with E-state index in [2.05, 4.69) is 17.4 Å². The Kier molecular flexibility index (Phi) is 4.25. The molecule has 0 bridgehead atoms. The van der Waals surface area contributed by atoms with Crippen molar-refractivity contribution >= 4 is 28.0 Å². The monoisotopic (exact) mass is 346 g/mol. The van der Waals surface area contributed by atoms with E-state index < -0.39 is 0 Å². The van der Waals surface area contributed by atoms with E-state index in [0.29, 0.717) is 5.69 Å². The molecule has 2 aromatic heterocycles. The van der Waals surface area contributed by atoms with E-state index in [9.17, 15) is 4.79 Å². The van der Waals surface area contributed by atoms with Crippen LogP contribution in [0.3, 0.4) is 0 Å². The van der Waals surface area contributed by atoms with Crippen LogP contribution in [0.4, 0.5) is 0 Å². The minimum atomic E-state index is -0.0662. The van der Waals surface area contributed by atoms with Crippen molar-refractivity contribution in [2.75, 3.05) is 0 Å². The molecular weight excluding hydrogens is 324 g/mol. The van der Waals surface area contributed by atoms with Gasteiger partial charge >= 0.3 is 0 Å². The molecule has 132 valence electrons. The Hall–Kier alpha value is -3.01. The molecule has 2 heterocycles. The molecule has 1 N–H and O–H groups in total. The van der Waals surface area contributed by atoms with E-state index in [1.165, 1.54) is 5.56 Å². The SMILES string of the molecule is C[C@H](CCc1ccccc1)NC(=O)c1cc2oc3ccccc3c2n1C. The summed E-state index contributed by atoms with van der Waals surface area (Å²) in [4.78, 5) is 12.7. The lowest BCUT2D eigenvalue weighted by Gasteiger charge is -2.14. The highest BCUT2D eigenvalue weighted by molar-refractivity contribution is 6.07. The van der Waals surface area contributed by atoms with Crippen molar-refractivity contribution < 1.29 is 9.21 Å². The number of nitrogens with zero attached hydrogens (tertiary/aromatic N) is 1. The molecule has 4 nitrogen and oxygen atoms in total. The second kappa shape index (κ2) is 6.71. The van der Waals surface area contributed by atoms with Crippen molar-refractivity contribution in [3.8, 4) is 0 Å². The van der Waals surface area contributed by atoms with E-state index in [1.807, 2.05) is 67.1 Å². The number of fused-ring (bicyclic) bond motifs is 3. The maximum atomic E-state index is 12.7. The zero-order valence-corrected chi connectivity index (χ0v) is 15.0. The van der Waals surface area contributed by atoms with Crippen LogP contribution in [0.1, 0.15) is 29.4 Å². The fraction of sp³-hybridized carbons (Fsp3) is 0.227. The van der Waals surface area contributed by atoms with Crippen LogP contribution < -0.4 is 5.32 Å². The molecule has 0 saturated heterocycles. The van der Waals surface area contributed by atoms with Crippen LogP contribution >= 0.6 is 0 Å². The summed E-state index contributed by atoms with van der Waals surface area (Å²) in [6.45, 7) is 2.04. The van der Waals surface area contributed by atoms with E-state index in [4.69, 9.17) is 4.42 Å². The maximum absolute atomic E-state index is 12.7. The van der Waals surface area contributed by atoms with Crippen molar-refractivity contribution in [1.29, 1.82) is 0 Å². The van der Waals surface area contributed by atoms with Crippen molar-refractivity contribution in [1.82, 2.24) is 9.88 Å². The van der Waals surface area contributed by atoms with Gasteiger partial charge in [-0.25, -0.2) is 0 Å². The summed E-state index contributed by atoms with van der Waals surface area (Å²) in [5.41, 5.74) is 4.46. The molecule has 4 rings (SSSR count). The third kappa shape index (κ3) is 2.99. The summed E-state index contributed by atoms with van der Waals surface area (Å²) in [6.07, 6.45) is 1.85. The largest absolute Gasteiger partial charge is 0.454 e. The predicted molar refractivity (Wildman–Crippen MR) is 104 cm³/mol. The Labute approximate surface area is 152 Å². The van der Waals surface area contributed by atoms with Crippen LogP contribution in [0.2, 0.25) is 0 Å². The average Bonchev–Trinajstić information content (AvgIpc) is 3.17. The molecule has 26 heavy (non-hydrogen) atoms. The predicted octanol–water partition coefficient (Wildman–Crippen LogP) is 4.68. The van der Waals surface area contributed by atoms with E-state index in [1.54, 1.807) is 0 Å². The first-order valence-electron chi connectivity index (χ1n) is 8.95. The third-order valence-corrected chi connectivity index (χ3v) is 4.88. The molecule has 0 spiro atoms. The molecule has 2 aromatic carbocycles. The number of rotatable bonds is 5. The lowest BCUT2D eigenvalue weighted by Crippen LogP contribution is -2.34. The minimum absolute atomic E-state index is 0.0662. The quantitative estimate of drug-likeness (QED) is 0.570. The number of furan rings is 1. The standard InChI is InChI=1S/C22H22N2O2/c1-15(12-13-16-8-4-3-5-9-16)23-22(25)18-14-20-21(24(18)2)17-10-6-7-11-19(17)26-20/h3-11,14-15H,12-13H2,1-2H3,(H,23,25)/t15-/m1/s1. The zero-order chi connectivity index (χ0) is 18.1. The van der Waals surface area contributed by atoms with Gasteiger partial charge in [-0.2, -0.15) is 0 Å². The highest BCUT2D eigenvalue weighted by atomic mass is 16.3. The average molecular weight is 346 g/mol. The van der Waals surface area contributed by atoms with Gasteiger partial charge in [-0.1, -0.05) is 42.5 Å². The first-order chi connectivity index (χ1) is 12.6. The smallest absolute Gasteiger partial charge is 0.268 e. The molecule has 4 aromatic rings. The molecule has 1 atom stereocenters. The first kappa shape index (κ1) is 16.5. The highest BCUT2D eigenvalue weighted by Crippen LogP contribution is 2.30. The summed E-state index contributed by atoms with van der Waals surface area (Å²) < 4.78 is 7.79. The topological polar surface area (TPSA) is 47.2 Å². The lowest BCUT2D eigenvalue weighted by atomic mass is 10.1. The number of aryl methyl sites for hydroxylation is 2. The summed E-state index contributed by atoms with van der Waals surface area (Å²) >= 11 is 0. The van der Waals surface area contributed by atoms with Crippen LogP contribution in [0.25, 0.3) is 22.1 Å². The van der Waals surface area contributed by atoms with Gasteiger partial charge in [0.2, 0.25) is 0 Å². The molecule has 0 aliphatic carbocycles. The molecule has 0 fully saturated rings. The Morgan fingerprint density at radius 3 is 2.62 bits per heavy atom. The number of hydrogen-bond donors (Lipinski definition) is 1. The number of para-hydroxylation sites is 1. The van der Waals surface area contributed by atoms with Gasteiger partial charge in [0.25, 0.3) is 5.91 Å². The molecule has 4 heteroatoms. The number of aromatic nitrogens is 1. The van der Waals surface area contributed by atoms with Gasteiger partial charge < -0.3 is 14.3 Å². The van der Waals surface area contributed by atoms with Crippen LogP contribution in [0.15, 0.2) is 65.1 Å². The van der Waals surface area contributed by atoms with Gasteiger partial charge in [-0.15, -0.1) is 0 Å². The molecule has 0 radical (unpaired) electrons. The number of nitrogens with one attached hydrogen (secondary N) is 1. The highest BCUT2D eigenvalue weighted by Gasteiger charge is 2.19. The molecule has 0 aliphatic rings. The van der Waals surface area contributed by atoms with Crippen LogP contribution in [-0.4, -0.2) is 16.5 Å². The summed E-state index contributed by atoms with van der Waals surface area (Å²) in [6, 6.07) is 20.2. The van der Waals surface area contributed by atoms with Crippen LogP contribution in [0.5, 0.6) is 0 Å². The molecular formula is C22H22N2O2. The van der Waals surface area contributed by atoms with E-state index in [-0.39, 0.29) is 11.9 Å². The molecule has 0 saturated carbocycles. The first-order valence-corrected chi connectivity index (χ1v) is 8.95. The lowest BCUT2D eigenvalue weighted by molar-refractivity contribution is 0.0930. The summed E-state index contributed by atoms with van der Waals surface area (Å²) in [7, 11) is 1.91. The van der Waals surface area contributed by atoms with Gasteiger partial charge in [-0.05, 0) is 37.5 Å². The fourth-order valence-electron chi connectivity index (χ4n) is 3.45. The van der Waals surface area contributed by atoms with Gasteiger partial charge in [-0.3, -0.25) is 4.79 Å².